The van der Waals surface area contributed by atoms with Gasteiger partial charge >= 0.3 is 6.03 Å². The van der Waals surface area contributed by atoms with Gasteiger partial charge in [0.15, 0.2) is 11.0 Å². The molecule has 6 nitrogen and oxygen atoms in total. The predicted octanol–water partition coefficient (Wildman–Crippen LogP) is 6.64. The number of aryl methyl sites for hydroxylation is 1. The third-order valence-electron chi connectivity index (χ3n) is 4.83. The Morgan fingerprint density at radius 3 is 2.65 bits per heavy atom. The van der Waals surface area contributed by atoms with E-state index in [-0.39, 0.29) is 12.2 Å². The van der Waals surface area contributed by atoms with E-state index in [1.807, 2.05) is 25.1 Å². The van der Waals surface area contributed by atoms with Crippen molar-refractivity contribution in [3.8, 4) is 5.69 Å². The van der Waals surface area contributed by atoms with Crippen LogP contribution in [0.1, 0.15) is 17.0 Å². The summed E-state index contributed by atoms with van der Waals surface area (Å²) in [5.41, 5.74) is 3.03. The van der Waals surface area contributed by atoms with E-state index in [4.69, 9.17) is 23.2 Å². The second kappa shape index (κ2) is 10.9. The Hall–Kier alpha value is -3.07. The van der Waals surface area contributed by atoms with Crippen molar-refractivity contribution < 1.29 is 9.18 Å². The fraction of sp³-hybridized carbons (Fsp3) is 0.125. The molecule has 0 atom stereocenters. The van der Waals surface area contributed by atoms with Crippen LogP contribution in [0.3, 0.4) is 0 Å². The van der Waals surface area contributed by atoms with Gasteiger partial charge in [0.05, 0.1) is 22.9 Å². The minimum atomic E-state index is -0.573. The van der Waals surface area contributed by atoms with Crippen LogP contribution in [0.15, 0.2) is 71.9 Å². The summed E-state index contributed by atoms with van der Waals surface area (Å²) in [7, 11) is 0. The van der Waals surface area contributed by atoms with Gasteiger partial charge in [-0.2, -0.15) is 0 Å². The molecule has 3 aromatic carbocycles. The predicted molar refractivity (Wildman–Crippen MR) is 134 cm³/mol. The van der Waals surface area contributed by atoms with E-state index in [9.17, 15) is 9.18 Å². The molecule has 0 aliphatic heterocycles. The van der Waals surface area contributed by atoms with Crippen molar-refractivity contribution in [3.05, 3.63) is 99.5 Å². The number of nitrogens with zero attached hydrogens (tertiary/aromatic N) is 3. The largest absolute Gasteiger partial charge is 0.331 e. The Kier molecular flexibility index (Phi) is 7.72. The second-order valence-electron chi connectivity index (χ2n) is 7.40. The summed E-state index contributed by atoms with van der Waals surface area (Å²) in [6, 6.07) is 18.7. The molecule has 10 heteroatoms. The van der Waals surface area contributed by atoms with Crippen LogP contribution in [0.25, 0.3) is 5.69 Å². The molecule has 0 bridgehead atoms. The number of thioether (sulfide) groups is 1. The van der Waals surface area contributed by atoms with Crippen LogP contribution in [0.5, 0.6) is 0 Å². The minimum Gasteiger partial charge on any atom is -0.331 e. The number of para-hydroxylation sites is 1. The molecule has 0 aliphatic rings. The first-order chi connectivity index (χ1) is 16.4. The molecular formula is C24H20Cl2FN5OS. The zero-order valence-corrected chi connectivity index (χ0v) is 20.4. The maximum absolute atomic E-state index is 13.8. The number of hydrogen-bond donors (Lipinski definition) is 2. The van der Waals surface area contributed by atoms with Crippen LogP contribution in [0, 0.1) is 12.7 Å². The van der Waals surface area contributed by atoms with Gasteiger partial charge in [0.25, 0.3) is 0 Å². The van der Waals surface area contributed by atoms with Crippen molar-refractivity contribution in [2.45, 2.75) is 24.4 Å². The molecule has 4 aromatic rings. The van der Waals surface area contributed by atoms with E-state index in [0.29, 0.717) is 32.5 Å². The molecular weight excluding hydrogens is 496 g/mol. The van der Waals surface area contributed by atoms with Crippen LogP contribution >= 0.6 is 35.0 Å². The summed E-state index contributed by atoms with van der Waals surface area (Å²) in [5, 5.41) is 15.3. The summed E-state index contributed by atoms with van der Waals surface area (Å²) < 4.78 is 15.6. The Balaban J connectivity index is 1.56. The molecule has 2 amide bonds. The number of benzene rings is 3. The first-order valence-electron chi connectivity index (χ1n) is 10.3. The van der Waals surface area contributed by atoms with Crippen molar-refractivity contribution in [1.29, 1.82) is 0 Å². The smallest absolute Gasteiger partial charge is 0.319 e. The van der Waals surface area contributed by atoms with Gasteiger partial charge in [-0.05, 0) is 42.8 Å². The molecule has 0 saturated carbocycles. The number of carbonyl (C=O) groups excluding carboxylic acids is 1. The fourth-order valence-electron chi connectivity index (χ4n) is 3.25. The Bertz CT molecular complexity index is 1330. The summed E-state index contributed by atoms with van der Waals surface area (Å²) in [4.78, 5) is 12.4. The summed E-state index contributed by atoms with van der Waals surface area (Å²) in [6.45, 7) is 2.08. The lowest BCUT2D eigenvalue weighted by Crippen LogP contribution is -2.29. The molecule has 4 rings (SSSR count). The second-order valence-corrected chi connectivity index (χ2v) is 9.18. The van der Waals surface area contributed by atoms with Crippen LogP contribution in [-0.2, 0) is 12.3 Å². The van der Waals surface area contributed by atoms with Gasteiger partial charge in [-0.3, -0.25) is 4.57 Å². The van der Waals surface area contributed by atoms with Crippen LogP contribution in [-0.4, -0.2) is 20.8 Å². The van der Waals surface area contributed by atoms with E-state index in [1.54, 1.807) is 34.9 Å². The van der Waals surface area contributed by atoms with Crippen molar-refractivity contribution in [1.82, 2.24) is 20.1 Å². The quantitative estimate of drug-likeness (QED) is 0.270. The van der Waals surface area contributed by atoms with Gasteiger partial charge in [0.1, 0.15) is 5.82 Å². The molecule has 0 unspecified atom stereocenters. The molecule has 34 heavy (non-hydrogen) atoms. The lowest BCUT2D eigenvalue weighted by molar-refractivity contribution is 0.251. The number of anilines is 1. The van der Waals surface area contributed by atoms with Crippen molar-refractivity contribution >= 4 is 46.7 Å². The van der Waals surface area contributed by atoms with E-state index in [0.717, 1.165) is 5.56 Å². The highest BCUT2D eigenvalue weighted by atomic mass is 35.5. The van der Waals surface area contributed by atoms with Crippen molar-refractivity contribution in [2.75, 3.05) is 5.32 Å². The lowest BCUT2D eigenvalue weighted by Gasteiger charge is -2.13. The highest BCUT2D eigenvalue weighted by Crippen LogP contribution is 2.31. The zero-order valence-electron chi connectivity index (χ0n) is 18.1. The number of rotatable bonds is 7. The maximum Gasteiger partial charge on any atom is 0.319 e. The maximum atomic E-state index is 13.8. The van der Waals surface area contributed by atoms with Gasteiger partial charge in [-0.25, -0.2) is 9.18 Å². The van der Waals surface area contributed by atoms with Crippen LogP contribution in [0.2, 0.25) is 10.0 Å². The lowest BCUT2D eigenvalue weighted by atomic mass is 10.2. The highest BCUT2D eigenvalue weighted by Gasteiger charge is 2.18. The van der Waals surface area contributed by atoms with E-state index >= 15 is 0 Å². The van der Waals surface area contributed by atoms with E-state index < -0.39 is 11.8 Å². The minimum absolute atomic E-state index is 0.0389. The first-order valence-corrected chi connectivity index (χ1v) is 12.0. The van der Waals surface area contributed by atoms with E-state index in [2.05, 4.69) is 26.9 Å². The fourth-order valence-corrected chi connectivity index (χ4v) is 4.65. The van der Waals surface area contributed by atoms with Crippen molar-refractivity contribution in [2.24, 2.45) is 0 Å². The number of nitrogens with one attached hydrogen (secondary N) is 2. The molecule has 0 fully saturated rings. The van der Waals surface area contributed by atoms with Gasteiger partial charge < -0.3 is 10.6 Å². The van der Waals surface area contributed by atoms with Gasteiger partial charge in [0, 0.05) is 10.8 Å². The van der Waals surface area contributed by atoms with Crippen LogP contribution < -0.4 is 10.6 Å². The SMILES string of the molecule is Cc1cccc(CSc2nnc(CNC(=O)Nc3ccccc3F)n2-c2ccc(Cl)cc2Cl)c1. The topological polar surface area (TPSA) is 71.8 Å². The third kappa shape index (κ3) is 5.88. The number of carbonyl (C=O) groups is 1. The number of aromatic nitrogens is 3. The molecule has 1 aromatic heterocycles. The molecule has 0 radical (unpaired) electrons. The average Bonchev–Trinajstić information content (AvgIpc) is 3.20. The van der Waals surface area contributed by atoms with Crippen LogP contribution in [0.4, 0.5) is 14.9 Å². The summed E-state index contributed by atoms with van der Waals surface area (Å²) in [5.74, 6) is 0.606. The highest BCUT2D eigenvalue weighted by molar-refractivity contribution is 7.98. The van der Waals surface area contributed by atoms with Gasteiger partial charge in [-0.1, -0.05) is 76.9 Å². The van der Waals surface area contributed by atoms with Crippen molar-refractivity contribution in [3.63, 3.8) is 0 Å². The molecule has 0 spiro atoms. The first kappa shape index (κ1) is 24.1. The molecule has 0 aliphatic carbocycles. The monoisotopic (exact) mass is 515 g/mol. The summed E-state index contributed by atoms with van der Waals surface area (Å²) in [6.07, 6.45) is 0. The Labute approximate surface area is 210 Å². The number of hydrogen-bond acceptors (Lipinski definition) is 4. The Morgan fingerprint density at radius 2 is 1.88 bits per heavy atom. The van der Waals surface area contributed by atoms with Gasteiger partial charge in [0.2, 0.25) is 0 Å². The number of amides is 2. The molecule has 2 N–H and O–H groups in total. The number of halogens is 3. The van der Waals surface area contributed by atoms with E-state index in [1.165, 1.54) is 29.5 Å². The molecule has 0 saturated heterocycles. The average molecular weight is 516 g/mol. The Morgan fingerprint density at radius 1 is 1.06 bits per heavy atom. The standard InChI is InChI=1S/C24H20Cl2FN5OS/c1-15-5-4-6-16(11-15)14-34-24-31-30-22(32(24)21-10-9-17(25)12-18(21)26)13-28-23(33)29-20-8-3-2-7-19(20)27/h2-12H,13-14H2,1H3,(H2,28,29,33). The van der Waals surface area contributed by atoms with Gasteiger partial charge in [-0.15, -0.1) is 10.2 Å². The third-order valence-corrected chi connectivity index (χ3v) is 6.37. The zero-order chi connectivity index (χ0) is 24.1. The molecule has 1 heterocycles. The number of urea groups is 1. The normalized spacial score (nSPS) is 10.8. The summed E-state index contributed by atoms with van der Waals surface area (Å²) >= 11 is 14.1. The molecule has 174 valence electrons.